The van der Waals surface area contributed by atoms with E-state index in [-0.39, 0.29) is 5.91 Å². The van der Waals surface area contributed by atoms with E-state index in [1.807, 2.05) is 24.3 Å². The van der Waals surface area contributed by atoms with E-state index in [0.29, 0.717) is 18.0 Å². The lowest BCUT2D eigenvalue weighted by atomic mass is 10.0. The Morgan fingerprint density at radius 3 is 3.06 bits per heavy atom. The molecule has 0 radical (unpaired) electrons. The van der Waals surface area contributed by atoms with Crippen molar-refractivity contribution < 1.29 is 4.79 Å². The van der Waals surface area contributed by atoms with Gasteiger partial charge in [0.1, 0.15) is 0 Å². The summed E-state index contributed by atoms with van der Waals surface area (Å²) in [5, 5.41) is 3.40. The molecule has 0 aromatic heterocycles. The third kappa shape index (κ3) is 2.05. The predicted octanol–water partition coefficient (Wildman–Crippen LogP) is 2.11. The zero-order valence-corrected chi connectivity index (χ0v) is 12.6. The highest BCUT2D eigenvalue weighted by Crippen LogP contribution is 2.33. The average Bonchev–Trinajstić information content (AvgIpc) is 2.88. The van der Waals surface area contributed by atoms with E-state index in [9.17, 15) is 4.79 Å². The number of carbonyl (C=O) groups excluding carboxylic acids is 1. The number of nitrogens with zero attached hydrogens (tertiary/aromatic N) is 1. The molecule has 1 amide bonds. The highest BCUT2D eigenvalue weighted by Gasteiger charge is 2.44. The van der Waals surface area contributed by atoms with Gasteiger partial charge in [-0.1, -0.05) is 6.07 Å². The fourth-order valence-corrected chi connectivity index (χ4v) is 3.83. The van der Waals surface area contributed by atoms with Gasteiger partial charge in [-0.25, -0.2) is 0 Å². The van der Waals surface area contributed by atoms with Gasteiger partial charge in [-0.3, -0.25) is 4.79 Å². The molecule has 4 heteroatoms. The highest BCUT2D eigenvalue weighted by molar-refractivity contribution is 14.1. The van der Waals surface area contributed by atoms with Crippen molar-refractivity contribution in [2.75, 3.05) is 13.1 Å². The first-order chi connectivity index (χ1) is 8.66. The minimum Gasteiger partial charge on any atom is -0.331 e. The minimum absolute atomic E-state index is 0.192. The number of rotatable bonds is 1. The third-order valence-corrected chi connectivity index (χ3v) is 4.76. The standard InChI is InChI=1S/C14H17IN2O/c1-9-5-11-7-16-8-13(11)17(9)14(18)10-3-2-4-12(15)6-10/h2-4,6,9,11,13,16H,5,7-8H2,1H3. The summed E-state index contributed by atoms with van der Waals surface area (Å²) in [5.74, 6) is 0.837. The van der Waals surface area contributed by atoms with Crippen LogP contribution in [0.25, 0.3) is 0 Å². The van der Waals surface area contributed by atoms with Crippen molar-refractivity contribution >= 4 is 28.5 Å². The smallest absolute Gasteiger partial charge is 0.254 e. The third-order valence-electron chi connectivity index (χ3n) is 4.09. The summed E-state index contributed by atoms with van der Waals surface area (Å²) >= 11 is 2.26. The fraction of sp³-hybridized carbons (Fsp3) is 0.500. The van der Waals surface area contributed by atoms with Gasteiger partial charge in [0.25, 0.3) is 5.91 Å². The molecule has 2 heterocycles. The predicted molar refractivity (Wildman–Crippen MR) is 79.6 cm³/mol. The van der Waals surface area contributed by atoms with Gasteiger partial charge in [0, 0.05) is 34.3 Å². The molecule has 3 rings (SSSR count). The summed E-state index contributed by atoms with van der Waals surface area (Å²) in [4.78, 5) is 14.7. The second kappa shape index (κ2) is 4.81. The van der Waals surface area contributed by atoms with Crippen molar-refractivity contribution in [3.8, 4) is 0 Å². The Hall–Kier alpha value is -0.620. The van der Waals surface area contributed by atoms with Crippen molar-refractivity contribution in [3.63, 3.8) is 0 Å². The number of hydrogen-bond acceptors (Lipinski definition) is 2. The quantitative estimate of drug-likeness (QED) is 0.782. The molecule has 2 saturated heterocycles. The number of fused-ring (bicyclic) bond motifs is 1. The lowest BCUT2D eigenvalue weighted by Gasteiger charge is -2.27. The van der Waals surface area contributed by atoms with Crippen molar-refractivity contribution in [1.82, 2.24) is 10.2 Å². The Labute approximate surface area is 121 Å². The van der Waals surface area contributed by atoms with E-state index in [1.165, 1.54) is 0 Å². The average molecular weight is 356 g/mol. The maximum atomic E-state index is 12.6. The van der Waals surface area contributed by atoms with Gasteiger partial charge >= 0.3 is 0 Å². The lowest BCUT2D eigenvalue weighted by molar-refractivity contribution is 0.0682. The first-order valence-corrected chi connectivity index (χ1v) is 7.53. The van der Waals surface area contributed by atoms with E-state index in [0.717, 1.165) is 28.6 Å². The molecule has 3 unspecified atom stereocenters. The van der Waals surface area contributed by atoms with E-state index < -0.39 is 0 Å². The molecule has 0 spiro atoms. The monoisotopic (exact) mass is 356 g/mol. The number of carbonyl (C=O) groups is 1. The molecule has 0 aliphatic carbocycles. The van der Waals surface area contributed by atoms with Crippen molar-refractivity contribution in [2.24, 2.45) is 5.92 Å². The molecular weight excluding hydrogens is 339 g/mol. The number of nitrogens with one attached hydrogen (secondary N) is 1. The van der Waals surface area contributed by atoms with Gasteiger partial charge in [-0.2, -0.15) is 0 Å². The summed E-state index contributed by atoms with van der Waals surface area (Å²) in [6.45, 7) is 4.18. The SMILES string of the molecule is CC1CC2CNCC2N1C(=O)c1cccc(I)c1. The van der Waals surface area contributed by atoms with Crippen LogP contribution in [0.2, 0.25) is 0 Å². The number of hydrogen-bond donors (Lipinski definition) is 1. The number of amides is 1. The Kier molecular flexibility index (Phi) is 3.32. The normalized spacial score (nSPS) is 30.6. The Bertz CT molecular complexity index is 477. The molecule has 3 atom stereocenters. The van der Waals surface area contributed by atoms with Crippen LogP contribution in [0, 0.1) is 9.49 Å². The maximum absolute atomic E-state index is 12.6. The van der Waals surface area contributed by atoms with E-state index >= 15 is 0 Å². The van der Waals surface area contributed by atoms with Crippen LogP contribution in [0.4, 0.5) is 0 Å². The van der Waals surface area contributed by atoms with Crippen LogP contribution in [0.3, 0.4) is 0 Å². The van der Waals surface area contributed by atoms with Gasteiger partial charge in [0.2, 0.25) is 0 Å². The van der Waals surface area contributed by atoms with E-state index in [2.05, 4.69) is 39.7 Å². The highest BCUT2D eigenvalue weighted by atomic mass is 127. The second-order valence-electron chi connectivity index (χ2n) is 5.29. The summed E-state index contributed by atoms with van der Waals surface area (Å²) in [5.41, 5.74) is 0.821. The van der Waals surface area contributed by atoms with Gasteiger partial charge in [-0.15, -0.1) is 0 Å². The van der Waals surface area contributed by atoms with Crippen molar-refractivity contribution in [3.05, 3.63) is 33.4 Å². The first-order valence-electron chi connectivity index (χ1n) is 6.46. The Balaban J connectivity index is 1.87. The summed E-state index contributed by atoms with van der Waals surface area (Å²) in [6.07, 6.45) is 1.13. The summed E-state index contributed by atoms with van der Waals surface area (Å²) in [7, 11) is 0. The van der Waals surface area contributed by atoms with Crippen LogP contribution < -0.4 is 5.32 Å². The zero-order valence-electron chi connectivity index (χ0n) is 10.4. The number of benzene rings is 1. The van der Waals surface area contributed by atoms with Crippen LogP contribution in [-0.4, -0.2) is 36.0 Å². The number of likely N-dealkylation sites (tertiary alicyclic amines) is 1. The molecule has 2 aliphatic rings. The molecular formula is C14H17IN2O. The van der Waals surface area contributed by atoms with Gasteiger partial charge in [0.05, 0.1) is 0 Å². The van der Waals surface area contributed by atoms with Gasteiger partial charge in [0.15, 0.2) is 0 Å². The van der Waals surface area contributed by atoms with Crippen molar-refractivity contribution in [1.29, 1.82) is 0 Å². The van der Waals surface area contributed by atoms with E-state index in [1.54, 1.807) is 0 Å². The molecule has 96 valence electrons. The molecule has 2 fully saturated rings. The molecule has 1 aromatic carbocycles. The van der Waals surface area contributed by atoms with Crippen LogP contribution in [0.5, 0.6) is 0 Å². The lowest BCUT2D eigenvalue weighted by Crippen LogP contribution is -2.42. The fourth-order valence-electron chi connectivity index (χ4n) is 3.29. The molecule has 18 heavy (non-hydrogen) atoms. The Morgan fingerprint density at radius 1 is 1.44 bits per heavy atom. The molecule has 1 aromatic rings. The van der Waals surface area contributed by atoms with Crippen LogP contribution in [0.15, 0.2) is 24.3 Å². The molecule has 2 aliphatic heterocycles. The molecule has 0 saturated carbocycles. The maximum Gasteiger partial charge on any atom is 0.254 e. The van der Waals surface area contributed by atoms with Crippen LogP contribution in [0.1, 0.15) is 23.7 Å². The molecule has 0 bridgehead atoms. The topological polar surface area (TPSA) is 32.3 Å². The van der Waals surface area contributed by atoms with Crippen LogP contribution in [-0.2, 0) is 0 Å². The number of halogens is 1. The van der Waals surface area contributed by atoms with E-state index in [4.69, 9.17) is 0 Å². The first kappa shape index (κ1) is 12.4. The Morgan fingerprint density at radius 2 is 2.28 bits per heavy atom. The van der Waals surface area contributed by atoms with Gasteiger partial charge < -0.3 is 10.2 Å². The summed E-state index contributed by atoms with van der Waals surface area (Å²) < 4.78 is 1.12. The largest absolute Gasteiger partial charge is 0.331 e. The van der Waals surface area contributed by atoms with Gasteiger partial charge in [-0.05, 0) is 60.1 Å². The van der Waals surface area contributed by atoms with Crippen LogP contribution >= 0.6 is 22.6 Å². The molecule has 1 N–H and O–H groups in total. The van der Waals surface area contributed by atoms with Crippen molar-refractivity contribution in [2.45, 2.75) is 25.4 Å². The minimum atomic E-state index is 0.192. The summed E-state index contributed by atoms with van der Waals surface area (Å²) in [6, 6.07) is 8.64. The molecule has 3 nitrogen and oxygen atoms in total. The zero-order chi connectivity index (χ0) is 12.7. The second-order valence-corrected chi connectivity index (χ2v) is 6.54.